The van der Waals surface area contributed by atoms with Crippen LogP contribution in [0.5, 0.6) is 0 Å². The van der Waals surface area contributed by atoms with Gasteiger partial charge in [0, 0.05) is 38.8 Å². The maximum atomic E-state index is 13.2. The van der Waals surface area contributed by atoms with E-state index in [0.717, 1.165) is 12.7 Å². The van der Waals surface area contributed by atoms with Crippen LogP contribution in [0.15, 0.2) is 24.3 Å². The lowest BCUT2D eigenvalue weighted by atomic mass is 9.82. The molecule has 0 aromatic carbocycles. The number of likely N-dealkylation sites (N-methyl/N-ethyl adjacent to an activating group) is 2. The number of aliphatic hydroxyl groups excluding tert-OH is 2. The largest absolute Gasteiger partial charge is 0.462 e. The van der Waals surface area contributed by atoms with Crippen LogP contribution in [0.2, 0.25) is 0 Å². The summed E-state index contributed by atoms with van der Waals surface area (Å²) in [4.78, 5) is 42.3. The maximum Gasteiger partial charge on any atom is 0.308 e. The number of hydrogen-bond acceptors (Lipinski definition) is 17. The summed E-state index contributed by atoms with van der Waals surface area (Å²) in [6.45, 7) is 14.7. The van der Waals surface area contributed by atoms with Gasteiger partial charge in [-0.1, -0.05) is 45.1 Å². The Balaban J connectivity index is 1.63. The first-order chi connectivity index (χ1) is 30.6. The average molecular weight is 927 g/mol. The van der Waals surface area contributed by atoms with Crippen LogP contribution in [-0.4, -0.2) is 182 Å². The van der Waals surface area contributed by atoms with Gasteiger partial charge >= 0.3 is 11.9 Å². The van der Waals surface area contributed by atoms with Crippen LogP contribution in [-0.2, 0) is 57.0 Å². The van der Waals surface area contributed by atoms with E-state index in [0.29, 0.717) is 19.3 Å². The Morgan fingerprint density at radius 1 is 0.908 bits per heavy atom. The number of cyclic esters (lactones) is 1. The quantitative estimate of drug-likeness (QED) is 0.167. The molecule has 4 rings (SSSR count). The Hall–Kier alpha value is -2.39. The molecule has 19 atom stereocenters. The van der Waals surface area contributed by atoms with E-state index in [9.17, 15) is 29.7 Å². The molecule has 17 heteroatoms. The number of rotatable bonds is 14. The van der Waals surface area contributed by atoms with Crippen LogP contribution >= 0.6 is 0 Å². The van der Waals surface area contributed by atoms with Gasteiger partial charge in [-0.3, -0.25) is 9.59 Å². The van der Waals surface area contributed by atoms with Crippen LogP contribution in [0, 0.1) is 17.8 Å². The number of aldehydes is 1. The normalized spacial score (nSPS) is 41.7. The summed E-state index contributed by atoms with van der Waals surface area (Å²) >= 11 is 0. The molecule has 0 radical (unpaired) electrons. The van der Waals surface area contributed by atoms with E-state index in [-0.39, 0.29) is 43.2 Å². The number of allylic oxidation sites excluding steroid dienone is 2. The number of nitrogens with zero attached hydrogens (tertiary/aromatic N) is 2. The Labute approximate surface area is 387 Å². The second-order valence-corrected chi connectivity index (χ2v) is 19.9. The van der Waals surface area contributed by atoms with E-state index in [1.807, 2.05) is 66.1 Å². The second kappa shape index (κ2) is 25.3. The minimum atomic E-state index is -1.49. The highest BCUT2D eigenvalue weighted by Gasteiger charge is 2.53. The van der Waals surface area contributed by atoms with Crippen molar-refractivity contribution in [3.8, 4) is 0 Å². The number of carbonyl (C=O) groups is 3. The molecule has 3 fully saturated rings. The third-order valence-electron chi connectivity index (χ3n) is 13.2. The first kappa shape index (κ1) is 55.2. The Morgan fingerprint density at radius 3 is 2.20 bits per heavy atom. The molecule has 0 aliphatic carbocycles. The summed E-state index contributed by atoms with van der Waals surface area (Å²) < 4.78 is 56.3. The van der Waals surface area contributed by atoms with Crippen molar-refractivity contribution < 1.29 is 72.3 Å². The number of hydrogen-bond donors (Lipinski definition) is 3. The van der Waals surface area contributed by atoms with Crippen LogP contribution in [0.1, 0.15) is 107 Å². The Bertz CT molecular complexity index is 1540. The van der Waals surface area contributed by atoms with Crippen LogP contribution in [0.25, 0.3) is 0 Å². The van der Waals surface area contributed by atoms with E-state index >= 15 is 0 Å². The molecule has 0 spiro atoms. The SMILES string of the molecule is COC1C(O)CC(=O)OC(C)CC=CC=CC(OC2CCC(N(C)C)C(C)O2)C(C)CC(CC=O)C1OC1OC(C)C(OC2C[C@@](C)(O)C(OC(=O)CC(C)C)C(C)O2)C(N(C)C)C1O. The summed E-state index contributed by atoms with van der Waals surface area (Å²) in [5.41, 5.74) is -1.49. The van der Waals surface area contributed by atoms with Gasteiger partial charge in [-0.2, -0.15) is 0 Å². The molecule has 18 unspecified atom stereocenters. The smallest absolute Gasteiger partial charge is 0.308 e. The zero-order valence-corrected chi connectivity index (χ0v) is 41.1. The average Bonchev–Trinajstić information content (AvgIpc) is 3.19. The lowest BCUT2D eigenvalue weighted by molar-refractivity contribution is -0.344. The monoisotopic (exact) mass is 927 g/mol. The van der Waals surface area contributed by atoms with E-state index < -0.39 is 116 Å². The highest BCUT2D eigenvalue weighted by atomic mass is 16.7. The number of ether oxygens (including phenoxy) is 9. The minimum Gasteiger partial charge on any atom is -0.462 e. The molecule has 4 aliphatic rings. The maximum absolute atomic E-state index is 13.2. The van der Waals surface area contributed by atoms with E-state index in [2.05, 4.69) is 4.90 Å². The summed E-state index contributed by atoms with van der Waals surface area (Å²) in [5, 5.41) is 35.5. The van der Waals surface area contributed by atoms with Crippen LogP contribution in [0.3, 0.4) is 0 Å². The van der Waals surface area contributed by atoms with Crippen molar-refractivity contribution in [1.82, 2.24) is 9.80 Å². The molecule has 0 aromatic heterocycles. The van der Waals surface area contributed by atoms with Crippen LogP contribution in [0.4, 0.5) is 0 Å². The number of carbonyl (C=O) groups excluding carboxylic acids is 3. The second-order valence-electron chi connectivity index (χ2n) is 19.9. The molecule has 4 aliphatic heterocycles. The molecule has 374 valence electrons. The van der Waals surface area contributed by atoms with Crippen molar-refractivity contribution in [2.24, 2.45) is 17.8 Å². The van der Waals surface area contributed by atoms with Crippen molar-refractivity contribution >= 4 is 18.2 Å². The molecule has 3 saturated heterocycles. The molecular formula is C48H82N2O15. The van der Waals surface area contributed by atoms with Gasteiger partial charge in [-0.25, -0.2) is 0 Å². The standard InChI is InChI=1S/C48H82N2O15/c1-27(2)23-37(53)63-46-32(7)60-40(26-48(46,8)56)64-43-31(6)61-47(42(55)41(43)50(11)12)65-44-33(21-22-51)24-28(3)36(62-39-20-19-34(49(9)10)30(5)59-39)18-16-14-15-17-29(4)58-38(54)25-35(52)45(44)57-13/h14-16,18,22,27-36,39-47,52,55-56H,17,19-21,23-26H2,1-13H3/t28?,29?,30?,31?,32?,33?,34?,35?,36?,39?,40?,41?,42?,43?,44?,45?,46?,47?,48-/m1/s1. The van der Waals surface area contributed by atoms with Crippen molar-refractivity contribution in [3.63, 3.8) is 0 Å². The zero-order valence-electron chi connectivity index (χ0n) is 41.1. The Kier molecular flexibility index (Phi) is 21.5. The topological polar surface area (TPSA) is 201 Å². The number of aliphatic hydroxyl groups is 3. The van der Waals surface area contributed by atoms with Crippen LogP contribution < -0.4 is 0 Å². The number of esters is 2. The summed E-state index contributed by atoms with van der Waals surface area (Å²) in [6.07, 6.45) is -1.52. The van der Waals surface area contributed by atoms with E-state index in [1.54, 1.807) is 46.7 Å². The summed E-state index contributed by atoms with van der Waals surface area (Å²) in [7, 11) is 9.03. The molecule has 0 amide bonds. The number of methoxy groups -OCH3 is 1. The van der Waals surface area contributed by atoms with E-state index in [4.69, 9.17) is 42.6 Å². The lowest BCUT2D eigenvalue weighted by Gasteiger charge is -2.50. The molecule has 0 saturated carbocycles. The zero-order chi connectivity index (χ0) is 48.3. The van der Waals surface area contributed by atoms with Gasteiger partial charge in [0.05, 0.1) is 49.1 Å². The lowest BCUT2D eigenvalue weighted by Crippen LogP contribution is -2.66. The van der Waals surface area contributed by atoms with Gasteiger partial charge in [0.15, 0.2) is 25.0 Å². The highest BCUT2D eigenvalue weighted by Crippen LogP contribution is 2.38. The predicted molar refractivity (Wildman–Crippen MR) is 240 cm³/mol. The molecular weight excluding hydrogens is 845 g/mol. The predicted octanol–water partition coefficient (Wildman–Crippen LogP) is 3.92. The summed E-state index contributed by atoms with van der Waals surface area (Å²) in [5.74, 6) is -1.85. The molecule has 4 heterocycles. The third-order valence-corrected chi connectivity index (χ3v) is 13.2. The molecule has 17 nitrogen and oxygen atoms in total. The molecule has 65 heavy (non-hydrogen) atoms. The summed E-state index contributed by atoms with van der Waals surface area (Å²) in [6, 6.07) is -0.506. The van der Waals surface area contributed by atoms with Crippen molar-refractivity contribution in [1.29, 1.82) is 0 Å². The van der Waals surface area contributed by atoms with Gasteiger partial charge in [0.1, 0.15) is 36.3 Å². The molecule has 0 aromatic rings. The van der Waals surface area contributed by atoms with Gasteiger partial charge < -0.3 is 72.5 Å². The van der Waals surface area contributed by atoms with Gasteiger partial charge in [0.25, 0.3) is 0 Å². The van der Waals surface area contributed by atoms with Crippen molar-refractivity contribution in [2.45, 2.75) is 210 Å². The first-order valence-electron chi connectivity index (χ1n) is 23.6. The highest BCUT2D eigenvalue weighted by molar-refractivity contribution is 5.70. The fourth-order valence-corrected chi connectivity index (χ4v) is 9.84. The van der Waals surface area contributed by atoms with Gasteiger partial charge in [-0.15, -0.1) is 0 Å². The first-order valence-corrected chi connectivity index (χ1v) is 23.6. The van der Waals surface area contributed by atoms with Crippen molar-refractivity contribution in [3.05, 3.63) is 24.3 Å². The van der Waals surface area contributed by atoms with E-state index in [1.165, 1.54) is 7.11 Å². The molecule has 0 bridgehead atoms. The fourth-order valence-electron chi connectivity index (χ4n) is 9.84. The van der Waals surface area contributed by atoms with Gasteiger partial charge in [-0.05, 0) is 99.8 Å². The van der Waals surface area contributed by atoms with Crippen molar-refractivity contribution in [2.75, 3.05) is 35.3 Å². The Morgan fingerprint density at radius 2 is 1.60 bits per heavy atom. The third kappa shape index (κ3) is 15.6. The fraction of sp³-hybridized carbons (Fsp3) is 0.854. The molecule has 3 N–H and O–H groups in total. The minimum absolute atomic E-state index is 0.0208. The van der Waals surface area contributed by atoms with Gasteiger partial charge in [0.2, 0.25) is 0 Å².